The zero-order valence-electron chi connectivity index (χ0n) is 9.98. The Balaban J connectivity index is 3.22. The van der Waals surface area contributed by atoms with Gasteiger partial charge in [0, 0.05) is 0 Å². The molecule has 102 valence electrons. The molecule has 0 saturated heterocycles. The van der Waals surface area contributed by atoms with Gasteiger partial charge in [-0.05, 0) is 31.2 Å². The molecule has 1 aromatic rings. The summed E-state index contributed by atoms with van der Waals surface area (Å²) in [4.78, 5) is 0. The molecule has 0 aliphatic carbocycles. The van der Waals surface area contributed by atoms with E-state index in [0.29, 0.717) is 0 Å². The molecule has 0 radical (unpaired) electrons. The van der Waals surface area contributed by atoms with Crippen LogP contribution in [0.5, 0.6) is 0 Å². The number of rotatable bonds is 4. The molecule has 6 heteroatoms. The summed E-state index contributed by atoms with van der Waals surface area (Å²) in [6.45, 7) is 3.04. The number of hydrogen-bond donors (Lipinski definition) is 1. The molecule has 18 heavy (non-hydrogen) atoms. The Morgan fingerprint density at radius 1 is 1.17 bits per heavy atom. The molecule has 1 unspecified atom stereocenters. The molecule has 0 saturated carbocycles. The van der Waals surface area contributed by atoms with Crippen LogP contribution in [-0.4, -0.2) is 13.0 Å². The zero-order valence-corrected chi connectivity index (χ0v) is 9.98. The minimum absolute atomic E-state index is 0.0748. The highest BCUT2D eigenvalue weighted by molar-refractivity contribution is 5.31. The minimum Gasteiger partial charge on any atom is -0.303 e. The van der Waals surface area contributed by atoms with Gasteiger partial charge in [0.2, 0.25) is 0 Å². The fourth-order valence-corrected chi connectivity index (χ4v) is 1.69. The van der Waals surface area contributed by atoms with Gasteiger partial charge in [-0.25, -0.2) is 8.78 Å². The molecule has 0 aromatic heterocycles. The van der Waals surface area contributed by atoms with Gasteiger partial charge in [-0.3, -0.25) is 0 Å². The van der Waals surface area contributed by atoms with Crippen LogP contribution in [0.1, 0.15) is 25.0 Å². The predicted molar refractivity (Wildman–Crippen MR) is 58.5 cm³/mol. The topological polar surface area (TPSA) is 12.0 Å². The number of halogens is 5. The van der Waals surface area contributed by atoms with Crippen molar-refractivity contribution in [2.24, 2.45) is 0 Å². The second kappa shape index (κ2) is 5.22. The van der Waals surface area contributed by atoms with Crippen molar-refractivity contribution < 1.29 is 22.0 Å². The first-order chi connectivity index (χ1) is 8.21. The van der Waals surface area contributed by atoms with Crippen LogP contribution in [0.3, 0.4) is 0 Å². The largest absolute Gasteiger partial charge is 0.416 e. The van der Waals surface area contributed by atoms with Crippen LogP contribution >= 0.6 is 0 Å². The Morgan fingerprint density at radius 3 is 2.17 bits per heavy atom. The van der Waals surface area contributed by atoms with Crippen LogP contribution in [0.15, 0.2) is 24.3 Å². The van der Waals surface area contributed by atoms with E-state index in [1.807, 2.05) is 0 Å². The maximum Gasteiger partial charge on any atom is 0.416 e. The van der Waals surface area contributed by atoms with Crippen molar-refractivity contribution in [2.75, 3.05) is 6.54 Å². The van der Waals surface area contributed by atoms with E-state index in [4.69, 9.17) is 0 Å². The summed E-state index contributed by atoms with van der Waals surface area (Å²) in [6, 6.07) is 4.02. The highest BCUT2D eigenvalue weighted by Crippen LogP contribution is 2.34. The van der Waals surface area contributed by atoms with E-state index < -0.39 is 23.7 Å². The monoisotopic (exact) mass is 267 g/mol. The molecule has 1 aromatic carbocycles. The van der Waals surface area contributed by atoms with Gasteiger partial charge in [0.1, 0.15) is 5.54 Å². The molecular weight excluding hydrogens is 253 g/mol. The van der Waals surface area contributed by atoms with E-state index >= 15 is 0 Å². The molecule has 0 amide bonds. The number of alkyl halides is 5. The molecular formula is C12H14F5N. The summed E-state index contributed by atoms with van der Waals surface area (Å²) in [6.07, 6.45) is -7.34. The summed E-state index contributed by atoms with van der Waals surface area (Å²) in [7, 11) is 0. The Hall–Kier alpha value is -1.17. The second-order valence-electron chi connectivity index (χ2n) is 4.11. The molecule has 0 spiro atoms. The Kier molecular flexibility index (Phi) is 4.32. The lowest BCUT2D eigenvalue weighted by molar-refractivity contribution is -0.137. The first-order valence-electron chi connectivity index (χ1n) is 5.42. The molecule has 0 aliphatic rings. The predicted octanol–water partition coefficient (Wildman–Crippen LogP) is 3.80. The summed E-state index contributed by atoms with van der Waals surface area (Å²) in [5, 5.41) is 2.54. The van der Waals surface area contributed by atoms with Gasteiger partial charge in [0.15, 0.2) is 0 Å². The normalized spacial score (nSPS) is 15.8. The summed E-state index contributed by atoms with van der Waals surface area (Å²) in [5.41, 5.74) is -2.78. The fraction of sp³-hybridized carbons (Fsp3) is 0.500. The van der Waals surface area contributed by atoms with Crippen molar-refractivity contribution in [3.05, 3.63) is 35.4 Å². The van der Waals surface area contributed by atoms with Crippen molar-refractivity contribution in [2.45, 2.75) is 32.0 Å². The van der Waals surface area contributed by atoms with E-state index in [0.717, 1.165) is 18.2 Å². The van der Waals surface area contributed by atoms with Gasteiger partial charge in [0.05, 0.1) is 5.56 Å². The molecule has 1 atom stereocenters. The minimum atomic E-state index is -4.54. The third kappa shape index (κ3) is 2.98. The summed E-state index contributed by atoms with van der Waals surface area (Å²) in [5.74, 6) is 0. The molecule has 0 heterocycles. The highest BCUT2D eigenvalue weighted by atomic mass is 19.4. The summed E-state index contributed by atoms with van der Waals surface area (Å²) >= 11 is 0. The van der Waals surface area contributed by atoms with Gasteiger partial charge in [-0.2, -0.15) is 13.2 Å². The number of hydrogen-bond acceptors (Lipinski definition) is 1. The second-order valence-corrected chi connectivity index (χ2v) is 4.11. The van der Waals surface area contributed by atoms with Crippen LogP contribution in [-0.2, 0) is 11.7 Å². The Bertz CT molecular complexity index is 402. The lowest BCUT2D eigenvalue weighted by atomic mass is 9.91. The van der Waals surface area contributed by atoms with Crippen LogP contribution in [0.4, 0.5) is 22.0 Å². The Labute approximate surface area is 102 Å². The Morgan fingerprint density at radius 2 is 1.72 bits per heavy atom. The number of nitrogens with one attached hydrogen (secondary N) is 1. The maximum atomic E-state index is 13.0. The van der Waals surface area contributed by atoms with E-state index in [1.54, 1.807) is 6.92 Å². The van der Waals surface area contributed by atoms with E-state index in [9.17, 15) is 22.0 Å². The third-order valence-electron chi connectivity index (χ3n) is 2.77. The van der Waals surface area contributed by atoms with Crippen LogP contribution in [0.2, 0.25) is 0 Å². The lowest BCUT2D eigenvalue weighted by Gasteiger charge is -2.30. The van der Waals surface area contributed by atoms with Crippen molar-refractivity contribution in [3.63, 3.8) is 0 Å². The SMILES string of the molecule is CCNC(C)(c1cccc(C(F)(F)F)c1)C(F)F. The van der Waals surface area contributed by atoms with Gasteiger partial charge < -0.3 is 5.32 Å². The van der Waals surface area contributed by atoms with E-state index in [2.05, 4.69) is 5.32 Å². The highest BCUT2D eigenvalue weighted by Gasteiger charge is 2.38. The number of benzene rings is 1. The molecule has 0 bridgehead atoms. The molecule has 1 rings (SSSR count). The van der Waals surface area contributed by atoms with E-state index in [1.165, 1.54) is 13.0 Å². The third-order valence-corrected chi connectivity index (χ3v) is 2.77. The molecule has 0 aliphatic heterocycles. The quantitative estimate of drug-likeness (QED) is 0.818. The van der Waals surface area contributed by atoms with E-state index in [-0.39, 0.29) is 12.1 Å². The van der Waals surface area contributed by atoms with Crippen molar-refractivity contribution in [1.29, 1.82) is 0 Å². The first-order valence-corrected chi connectivity index (χ1v) is 5.42. The van der Waals surface area contributed by atoms with Crippen molar-refractivity contribution in [3.8, 4) is 0 Å². The van der Waals surface area contributed by atoms with Crippen LogP contribution in [0, 0.1) is 0 Å². The maximum absolute atomic E-state index is 13.0. The molecule has 0 fully saturated rings. The van der Waals surface area contributed by atoms with Crippen LogP contribution < -0.4 is 5.32 Å². The van der Waals surface area contributed by atoms with Gasteiger partial charge >= 0.3 is 6.18 Å². The van der Waals surface area contributed by atoms with Gasteiger partial charge in [-0.15, -0.1) is 0 Å². The average Bonchev–Trinajstić information content (AvgIpc) is 2.28. The standard InChI is InChI=1S/C12H14F5N/c1-3-18-11(2,10(13)14)8-5-4-6-9(7-8)12(15,16)17/h4-7,10,18H,3H2,1-2H3. The molecule has 1 N–H and O–H groups in total. The zero-order chi connectivity index (χ0) is 14.0. The van der Waals surface area contributed by atoms with Gasteiger partial charge in [-0.1, -0.05) is 19.1 Å². The fourth-order valence-electron chi connectivity index (χ4n) is 1.69. The first kappa shape index (κ1) is 14.9. The average molecular weight is 267 g/mol. The van der Waals surface area contributed by atoms with Crippen molar-refractivity contribution >= 4 is 0 Å². The van der Waals surface area contributed by atoms with Gasteiger partial charge in [0.25, 0.3) is 6.43 Å². The summed E-state index contributed by atoms with van der Waals surface area (Å²) < 4.78 is 63.7. The smallest absolute Gasteiger partial charge is 0.303 e. The van der Waals surface area contributed by atoms with Crippen LogP contribution in [0.25, 0.3) is 0 Å². The molecule has 1 nitrogen and oxygen atoms in total. The lowest BCUT2D eigenvalue weighted by Crippen LogP contribution is -2.45. The van der Waals surface area contributed by atoms with Crippen molar-refractivity contribution in [1.82, 2.24) is 5.32 Å².